The third kappa shape index (κ3) is 3.93. The fourth-order valence-electron chi connectivity index (χ4n) is 1.67. The maximum absolute atomic E-state index is 12.1. The van der Waals surface area contributed by atoms with E-state index in [0.29, 0.717) is 15.9 Å². The fraction of sp³-hybridized carbons (Fsp3) is 0.143. The molecule has 0 aliphatic carbocycles. The summed E-state index contributed by atoms with van der Waals surface area (Å²) in [5.41, 5.74) is 0.902. The van der Waals surface area contributed by atoms with Crippen molar-refractivity contribution in [3.05, 3.63) is 51.2 Å². The van der Waals surface area contributed by atoms with Gasteiger partial charge in [-0.3, -0.25) is 4.79 Å². The number of nitrogens with zero attached hydrogens (tertiary/aromatic N) is 1. The third-order valence-electron chi connectivity index (χ3n) is 2.91. The Morgan fingerprint density at radius 2 is 1.86 bits per heavy atom. The second-order valence-corrected chi connectivity index (χ2v) is 8.26. The van der Waals surface area contributed by atoms with Gasteiger partial charge in [-0.25, -0.2) is 13.4 Å². The summed E-state index contributed by atoms with van der Waals surface area (Å²) in [6.45, 7) is 1.58. The van der Waals surface area contributed by atoms with Crippen LogP contribution in [-0.4, -0.2) is 25.1 Å². The van der Waals surface area contributed by atoms with Gasteiger partial charge in [0.1, 0.15) is 4.60 Å². The van der Waals surface area contributed by atoms with E-state index in [2.05, 4.69) is 42.2 Å². The molecule has 2 aromatic rings. The lowest BCUT2D eigenvalue weighted by atomic mass is 10.2. The lowest BCUT2D eigenvalue weighted by molar-refractivity contribution is 0.102. The van der Waals surface area contributed by atoms with Crippen LogP contribution in [0.5, 0.6) is 0 Å². The monoisotopic (exact) mass is 446 g/mol. The fourth-order valence-corrected chi connectivity index (χ4v) is 3.12. The molecule has 1 N–H and O–H groups in total. The van der Waals surface area contributed by atoms with Crippen LogP contribution in [0, 0.1) is 0 Å². The summed E-state index contributed by atoms with van der Waals surface area (Å²) >= 11 is 6.55. The number of pyridine rings is 1. The molecule has 0 unspecified atom stereocenters. The Hall–Kier alpha value is -1.25. The van der Waals surface area contributed by atoms with Crippen LogP contribution in [0.25, 0.3) is 0 Å². The molecule has 0 saturated carbocycles. The molecule has 0 saturated heterocycles. The Morgan fingerprint density at radius 1 is 1.23 bits per heavy atom. The van der Waals surface area contributed by atoms with Crippen LogP contribution in [0.4, 0.5) is 5.69 Å². The molecule has 1 aromatic carbocycles. The zero-order valence-electron chi connectivity index (χ0n) is 11.5. The number of carbonyl (C=O) groups excluding carboxylic acids is 1. The van der Waals surface area contributed by atoms with Crippen molar-refractivity contribution in [3.8, 4) is 0 Å². The van der Waals surface area contributed by atoms with E-state index < -0.39 is 9.84 Å². The molecule has 2 rings (SSSR count). The molecule has 1 heterocycles. The molecular formula is C14H12Br2N2O3S. The molecule has 0 atom stereocenters. The lowest BCUT2D eigenvalue weighted by Gasteiger charge is -2.07. The summed E-state index contributed by atoms with van der Waals surface area (Å²) in [4.78, 5) is 16.4. The first kappa shape index (κ1) is 17.1. The van der Waals surface area contributed by atoms with E-state index in [4.69, 9.17) is 0 Å². The number of rotatable bonds is 4. The zero-order chi connectivity index (χ0) is 16.3. The molecule has 5 nitrogen and oxygen atoms in total. The Morgan fingerprint density at radius 3 is 2.41 bits per heavy atom. The minimum Gasteiger partial charge on any atom is -0.321 e. The van der Waals surface area contributed by atoms with Gasteiger partial charge in [0.25, 0.3) is 5.91 Å². The minimum absolute atomic E-state index is 0.0249. The molecule has 1 amide bonds. The second kappa shape index (κ2) is 6.89. The quantitative estimate of drug-likeness (QED) is 0.725. The number of amides is 1. The van der Waals surface area contributed by atoms with Crippen LogP contribution < -0.4 is 5.32 Å². The summed E-state index contributed by atoms with van der Waals surface area (Å²) in [6.07, 6.45) is 1.52. The molecule has 0 aliphatic heterocycles. The van der Waals surface area contributed by atoms with Gasteiger partial charge in [-0.05, 0) is 62.2 Å². The highest BCUT2D eigenvalue weighted by Crippen LogP contribution is 2.23. The van der Waals surface area contributed by atoms with Crippen molar-refractivity contribution in [1.82, 2.24) is 4.98 Å². The molecule has 0 radical (unpaired) electrons. The van der Waals surface area contributed by atoms with Crippen LogP contribution in [0.3, 0.4) is 0 Å². The van der Waals surface area contributed by atoms with Gasteiger partial charge in [-0.15, -0.1) is 0 Å². The van der Waals surface area contributed by atoms with E-state index in [1.165, 1.54) is 30.5 Å². The van der Waals surface area contributed by atoms with Gasteiger partial charge in [0, 0.05) is 5.56 Å². The molecule has 1 aromatic heterocycles. The molecule has 0 bridgehead atoms. The zero-order valence-corrected chi connectivity index (χ0v) is 15.5. The van der Waals surface area contributed by atoms with Gasteiger partial charge in [-0.1, -0.05) is 6.92 Å². The number of hydrogen-bond acceptors (Lipinski definition) is 4. The number of anilines is 1. The van der Waals surface area contributed by atoms with Crippen molar-refractivity contribution in [2.45, 2.75) is 11.8 Å². The van der Waals surface area contributed by atoms with Crippen LogP contribution in [0.15, 0.2) is 50.5 Å². The van der Waals surface area contributed by atoms with Crippen molar-refractivity contribution < 1.29 is 13.2 Å². The Balaban J connectivity index is 2.18. The van der Waals surface area contributed by atoms with Gasteiger partial charge in [-0.2, -0.15) is 0 Å². The first-order valence-electron chi connectivity index (χ1n) is 6.28. The van der Waals surface area contributed by atoms with Crippen LogP contribution >= 0.6 is 31.9 Å². The first-order valence-corrected chi connectivity index (χ1v) is 9.52. The summed E-state index contributed by atoms with van der Waals surface area (Å²) < 4.78 is 24.8. The number of hydrogen-bond donors (Lipinski definition) is 1. The van der Waals surface area contributed by atoms with Gasteiger partial charge < -0.3 is 5.32 Å². The van der Waals surface area contributed by atoms with E-state index in [-0.39, 0.29) is 16.6 Å². The van der Waals surface area contributed by atoms with Crippen molar-refractivity contribution >= 4 is 53.3 Å². The highest BCUT2D eigenvalue weighted by molar-refractivity contribution is 9.13. The molecule has 0 spiro atoms. The maximum Gasteiger partial charge on any atom is 0.255 e. The predicted molar refractivity (Wildman–Crippen MR) is 91.8 cm³/mol. The normalized spacial score (nSPS) is 11.2. The summed E-state index contributed by atoms with van der Waals surface area (Å²) in [6, 6.07) is 7.55. The van der Waals surface area contributed by atoms with E-state index in [9.17, 15) is 13.2 Å². The van der Waals surface area contributed by atoms with E-state index in [1.54, 1.807) is 13.0 Å². The number of aromatic nitrogens is 1. The molecular weight excluding hydrogens is 436 g/mol. The Kier molecular flexibility index (Phi) is 5.36. The topological polar surface area (TPSA) is 76.1 Å². The maximum atomic E-state index is 12.1. The number of halogens is 2. The van der Waals surface area contributed by atoms with Gasteiger partial charge in [0.15, 0.2) is 9.84 Å². The Bertz CT molecular complexity index is 805. The number of sulfone groups is 1. The summed E-state index contributed by atoms with van der Waals surface area (Å²) in [5.74, 6) is -0.312. The average Bonchev–Trinajstić information content (AvgIpc) is 2.51. The van der Waals surface area contributed by atoms with Crippen molar-refractivity contribution in [3.63, 3.8) is 0 Å². The summed E-state index contributed by atoms with van der Waals surface area (Å²) in [5, 5.41) is 2.70. The number of benzene rings is 1. The average molecular weight is 448 g/mol. The second-order valence-electron chi connectivity index (χ2n) is 4.38. The predicted octanol–water partition coefficient (Wildman–Crippen LogP) is 3.65. The van der Waals surface area contributed by atoms with Crippen LogP contribution in [0.2, 0.25) is 0 Å². The summed E-state index contributed by atoms with van der Waals surface area (Å²) in [7, 11) is -3.26. The lowest BCUT2D eigenvalue weighted by Crippen LogP contribution is -2.12. The van der Waals surface area contributed by atoms with E-state index in [1.807, 2.05) is 0 Å². The first-order chi connectivity index (χ1) is 10.3. The SMILES string of the molecule is CCS(=O)(=O)c1ccc(C(=O)Nc2cnc(Br)c(Br)c2)cc1. The smallest absolute Gasteiger partial charge is 0.255 e. The molecule has 0 fully saturated rings. The van der Waals surface area contributed by atoms with Crippen molar-refractivity contribution in [2.24, 2.45) is 0 Å². The third-order valence-corrected chi connectivity index (χ3v) is 6.43. The number of carbonyl (C=O) groups is 1. The van der Waals surface area contributed by atoms with Crippen molar-refractivity contribution in [2.75, 3.05) is 11.1 Å². The molecule has 22 heavy (non-hydrogen) atoms. The van der Waals surface area contributed by atoms with E-state index >= 15 is 0 Å². The van der Waals surface area contributed by atoms with Crippen LogP contribution in [0.1, 0.15) is 17.3 Å². The Labute approximate surface area is 145 Å². The van der Waals surface area contributed by atoms with Gasteiger partial charge in [0.05, 0.1) is 27.0 Å². The van der Waals surface area contributed by atoms with E-state index in [0.717, 1.165) is 4.47 Å². The highest BCUT2D eigenvalue weighted by Gasteiger charge is 2.13. The number of nitrogens with one attached hydrogen (secondary N) is 1. The van der Waals surface area contributed by atoms with Crippen molar-refractivity contribution in [1.29, 1.82) is 0 Å². The molecule has 0 aliphatic rings. The van der Waals surface area contributed by atoms with Gasteiger partial charge in [0.2, 0.25) is 0 Å². The standard InChI is InChI=1S/C14H12Br2N2O3S/c1-2-22(20,21)11-5-3-9(4-6-11)14(19)18-10-7-12(15)13(16)17-8-10/h3-8H,2H2,1H3,(H,18,19). The highest BCUT2D eigenvalue weighted by atomic mass is 79.9. The minimum atomic E-state index is -3.26. The molecule has 116 valence electrons. The van der Waals surface area contributed by atoms with Crippen LogP contribution in [-0.2, 0) is 9.84 Å². The largest absolute Gasteiger partial charge is 0.321 e. The molecule has 8 heteroatoms. The van der Waals surface area contributed by atoms with Gasteiger partial charge >= 0.3 is 0 Å².